The molecule has 0 aliphatic carbocycles. The Labute approximate surface area is 197 Å². The summed E-state index contributed by atoms with van der Waals surface area (Å²) in [4.78, 5) is 28.7. The van der Waals surface area contributed by atoms with Crippen LogP contribution in [0.25, 0.3) is 11.0 Å². The zero-order valence-electron chi connectivity index (χ0n) is 17.9. The molecule has 10 heteroatoms. The SMILES string of the molecule is CCc1nnc(N2C(=O)c3oc4ccc(Cl)cc4c(=O)c3[C@H]2c2ccc(OC)c(OC)c2)s1. The fourth-order valence-electron chi connectivity index (χ4n) is 3.97. The van der Waals surface area contributed by atoms with E-state index in [0.717, 1.165) is 5.01 Å². The van der Waals surface area contributed by atoms with E-state index in [0.29, 0.717) is 39.0 Å². The maximum atomic E-state index is 13.6. The minimum absolute atomic E-state index is 0.0251. The Kier molecular flexibility index (Phi) is 5.30. The van der Waals surface area contributed by atoms with Crippen LogP contribution in [-0.2, 0) is 6.42 Å². The standard InChI is InChI=1S/C23H18ClN3O5S/c1-4-17-25-26-23(33-17)27-19(11-5-7-15(30-2)16(9-11)31-3)18-20(28)13-10-12(24)6-8-14(13)32-21(18)22(27)29/h5-10,19H,4H2,1-3H3/t19-/m1/s1. The molecule has 0 fully saturated rings. The van der Waals surface area contributed by atoms with Gasteiger partial charge in [0.1, 0.15) is 10.6 Å². The third-order valence-corrected chi connectivity index (χ3v) is 6.82. The van der Waals surface area contributed by atoms with Crippen molar-refractivity contribution in [2.45, 2.75) is 19.4 Å². The molecule has 1 aliphatic heterocycles. The maximum absolute atomic E-state index is 13.6. The van der Waals surface area contributed by atoms with Crippen LogP contribution in [0.4, 0.5) is 5.13 Å². The Balaban J connectivity index is 1.80. The highest BCUT2D eigenvalue weighted by Crippen LogP contribution is 2.44. The number of fused-ring (bicyclic) bond motifs is 2. The van der Waals surface area contributed by atoms with Gasteiger partial charge in [-0.2, -0.15) is 0 Å². The van der Waals surface area contributed by atoms with Crippen molar-refractivity contribution in [2.24, 2.45) is 0 Å². The van der Waals surface area contributed by atoms with Crippen molar-refractivity contribution >= 4 is 44.9 Å². The largest absolute Gasteiger partial charge is 0.493 e. The van der Waals surface area contributed by atoms with Gasteiger partial charge in [0, 0.05) is 5.02 Å². The number of benzene rings is 2. The van der Waals surface area contributed by atoms with Crippen LogP contribution in [0.1, 0.15) is 39.7 Å². The number of methoxy groups -OCH3 is 2. The van der Waals surface area contributed by atoms with E-state index >= 15 is 0 Å². The van der Waals surface area contributed by atoms with Crippen LogP contribution in [0, 0.1) is 0 Å². The molecular formula is C23H18ClN3O5S. The first-order valence-corrected chi connectivity index (χ1v) is 11.3. The number of hydrogen-bond donors (Lipinski definition) is 0. The molecule has 3 heterocycles. The van der Waals surface area contributed by atoms with Crippen molar-refractivity contribution in [3.8, 4) is 11.5 Å². The smallest absolute Gasteiger partial charge is 0.297 e. The number of nitrogens with zero attached hydrogens (tertiary/aromatic N) is 3. The summed E-state index contributed by atoms with van der Waals surface area (Å²) in [6, 6.07) is 9.20. The Morgan fingerprint density at radius 2 is 1.88 bits per heavy atom. The van der Waals surface area contributed by atoms with E-state index in [4.69, 9.17) is 25.5 Å². The number of halogens is 1. The van der Waals surface area contributed by atoms with Crippen molar-refractivity contribution < 1.29 is 18.7 Å². The zero-order chi connectivity index (χ0) is 23.3. The lowest BCUT2D eigenvalue weighted by atomic mass is 9.98. The first-order valence-electron chi connectivity index (χ1n) is 10.1. The average Bonchev–Trinajstić information content (AvgIpc) is 3.41. The summed E-state index contributed by atoms with van der Waals surface area (Å²) in [6.07, 6.45) is 0.674. The molecule has 5 rings (SSSR count). The molecule has 0 spiro atoms. The highest BCUT2D eigenvalue weighted by molar-refractivity contribution is 7.15. The van der Waals surface area contributed by atoms with E-state index in [1.165, 1.54) is 30.5 Å². The molecule has 1 amide bonds. The van der Waals surface area contributed by atoms with Crippen molar-refractivity contribution in [1.29, 1.82) is 0 Å². The Morgan fingerprint density at radius 3 is 2.58 bits per heavy atom. The minimum Gasteiger partial charge on any atom is -0.493 e. The van der Waals surface area contributed by atoms with Gasteiger partial charge in [0.2, 0.25) is 10.9 Å². The summed E-state index contributed by atoms with van der Waals surface area (Å²) >= 11 is 7.43. The van der Waals surface area contributed by atoms with Crippen molar-refractivity contribution in [3.63, 3.8) is 0 Å². The molecule has 0 saturated carbocycles. The summed E-state index contributed by atoms with van der Waals surface area (Å²) in [6.45, 7) is 1.96. The Bertz CT molecular complexity index is 1460. The van der Waals surface area contributed by atoms with Gasteiger partial charge in [0.25, 0.3) is 5.91 Å². The van der Waals surface area contributed by atoms with Crippen LogP contribution in [0.3, 0.4) is 0 Å². The van der Waals surface area contributed by atoms with Gasteiger partial charge < -0.3 is 13.9 Å². The molecule has 33 heavy (non-hydrogen) atoms. The molecule has 2 aromatic carbocycles. The zero-order valence-corrected chi connectivity index (χ0v) is 19.5. The lowest BCUT2D eigenvalue weighted by molar-refractivity contribution is 0.0970. The highest BCUT2D eigenvalue weighted by atomic mass is 35.5. The first-order chi connectivity index (χ1) is 16.0. The number of carbonyl (C=O) groups excluding carboxylic acids is 1. The number of hydrogen-bond acceptors (Lipinski definition) is 8. The molecule has 4 aromatic rings. The fourth-order valence-corrected chi connectivity index (χ4v) is 4.94. The summed E-state index contributed by atoms with van der Waals surface area (Å²) in [5.41, 5.74) is 0.817. The molecule has 2 aromatic heterocycles. The first kappa shape index (κ1) is 21.4. The lowest BCUT2D eigenvalue weighted by Crippen LogP contribution is -2.29. The van der Waals surface area contributed by atoms with Gasteiger partial charge in [-0.3, -0.25) is 14.5 Å². The van der Waals surface area contributed by atoms with E-state index in [-0.39, 0.29) is 22.3 Å². The summed E-state index contributed by atoms with van der Waals surface area (Å²) in [5, 5.41) is 10.2. The fraction of sp³-hybridized carbons (Fsp3) is 0.217. The average molecular weight is 484 g/mol. The lowest BCUT2D eigenvalue weighted by Gasteiger charge is -2.23. The molecular weight excluding hydrogens is 466 g/mol. The second-order valence-electron chi connectivity index (χ2n) is 7.34. The van der Waals surface area contributed by atoms with Gasteiger partial charge in [-0.15, -0.1) is 10.2 Å². The Morgan fingerprint density at radius 1 is 1.09 bits per heavy atom. The van der Waals surface area contributed by atoms with Crippen molar-refractivity contribution in [1.82, 2.24) is 10.2 Å². The second kappa shape index (κ2) is 8.17. The van der Waals surface area contributed by atoms with Crippen LogP contribution < -0.4 is 19.8 Å². The number of carbonyl (C=O) groups is 1. The predicted molar refractivity (Wildman–Crippen MR) is 125 cm³/mol. The molecule has 0 unspecified atom stereocenters. The van der Waals surface area contributed by atoms with Crippen molar-refractivity contribution in [3.05, 3.63) is 73.5 Å². The van der Waals surface area contributed by atoms with Crippen molar-refractivity contribution in [2.75, 3.05) is 19.1 Å². The third kappa shape index (κ3) is 3.35. The monoisotopic (exact) mass is 483 g/mol. The van der Waals surface area contributed by atoms with E-state index in [1.54, 1.807) is 36.4 Å². The van der Waals surface area contributed by atoms with Gasteiger partial charge in [-0.1, -0.05) is 35.9 Å². The normalized spacial score (nSPS) is 15.2. The molecule has 0 N–H and O–H groups in total. The van der Waals surface area contributed by atoms with E-state index in [1.807, 2.05) is 6.92 Å². The van der Waals surface area contributed by atoms with Crippen LogP contribution in [-0.4, -0.2) is 30.3 Å². The molecule has 0 radical (unpaired) electrons. The summed E-state index contributed by atoms with van der Waals surface area (Å²) in [7, 11) is 3.06. The number of amides is 1. The highest BCUT2D eigenvalue weighted by Gasteiger charge is 2.45. The van der Waals surface area contributed by atoms with E-state index in [2.05, 4.69) is 10.2 Å². The van der Waals surface area contributed by atoms with Crippen LogP contribution in [0.15, 0.2) is 45.6 Å². The van der Waals surface area contributed by atoms with Crippen LogP contribution in [0.5, 0.6) is 11.5 Å². The number of aromatic nitrogens is 2. The van der Waals surface area contributed by atoms with E-state index in [9.17, 15) is 9.59 Å². The quantitative estimate of drug-likeness (QED) is 0.408. The van der Waals surface area contributed by atoms with Gasteiger partial charge >= 0.3 is 0 Å². The van der Waals surface area contributed by atoms with Crippen LogP contribution in [0.2, 0.25) is 5.02 Å². The molecule has 0 bridgehead atoms. The predicted octanol–water partition coefficient (Wildman–Crippen LogP) is 4.63. The third-order valence-electron chi connectivity index (χ3n) is 5.52. The number of anilines is 1. The molecule has 1 aliphatic rings. The minimum atomic E-state index is -0.787. The molecule has 8 nitrogen and oxygen atoms in total. The molecule has 0 saturated heterocycles. The number of rotatable bonds is 5. The van der Waals surface area contributed by atoms with Gasteiger partial charge in [0.05, 0.1) is 31.2 Å². The molecule has 1 atom stereocenters. The van der Waals surface area contributed by atoms with Gasteiger partial charge in [-0.05, 0) is 42.3 Å². The number of aryl methyl sites for hydroxylation is 1. The maximum Gasteiger partial charge on any atom is 0.297 e. The topological polar surface area (TPSA) is 94.8 Å². The van der Waals surface area contributed by atoms with E-state index < -0.39 is 11.9 Å². The Hall–Kier alpha value is -3.43. The van der Waals surface area contributed by atoms with Gasteiger partial charge in [-0.25, -0.2) is 0 Å². The number of ether oxygens (including phenoxy) is 2. The van der Waals surface area contributed by atoms with Gasteiger partial charge in [0.15, 0.2) is 16.9 Å². The summed E-state index contributed by atoms with van der Waals surface area (Å²) in [5.74, 6) is 0.509. The second-order valence-corrected chi connectivity index (χ2v) is 8.82. The van der Waals surface area contributed by atoms with Crippen LogP contribution >= 0.6 is 22.9 Å². The molecule has 168 valence electrons. The summed E-state index contributed by atoms with van der Waals surface area (Å²) < 4.78 is 16.7.